The monoisotopic (exact) mass is 388 g/mol. The molecule has 1 aromatic carbocycles. The van der Waals surface area contributed by atoms with Gasteiger partial charge in [0.15, 0.2) is 0 Å². The summed E-state index contributed by atoms with van der Waals surface area (Å²) < 4.78 is 27.8. The van der Waals surface area contributed by atoms with Crippen molar-refractivity contribution in [3.05, 3.63) is 58.9 Å². The number of benzene rings is 1. The zero-order valence-electron chi connectivity index (χ0n) is 16.0. The maximum atomic E-state index is 12.6. The van der Waals surface area contributed by atoms with Gasteiger partial charge in [-0.15, -0.1) is 0 Å². The van der Waals surface area contributed by atoms with Crippen LogP contribution in [0.4, 0.5) is 0 Å². The smallest absolute Gasteiger partial charge is 0.240 e. The molecule has 0 spiro atoms. The highest BCUT2D eigenvalue weighted by atomic mass is 32.2. The summed E-state index contributed by atoms with van der Waals surface area (Å²) in [5.74, 6) is 0.558. The molecule has 1 saturated carbocycles. The quantitative estimate of drug-likeness (QED) is 0.785. The van der Waals surface area contributed by atoms with Crippen LogP contribution in [0.3, 0.4) is 0 Å². The van der Waals surface area contributed by atoms with Gasteiger partial charge >= 0.3 is 0 Å². The van der Waals surface area contributed by atoms with Crippen molar-refractivity contribution in [2.24, 2.45) is 0 Å². The van der Waals surface area contributed by atoms with E-state index in [2.05, 4.69) is 9.71 Å². The number of aromatic nitrogens is 1. The van der Waals surface area contributed by atoms with Gasteiger partial charge in [0.1, 0.15) is 0 Å². The molecule has 1 aromatic heterocycles. The molecule has 1 aliphatic carbocycles. The van der Waals surface area contributed by atoms with E-state index in [-0.39, 0.29) is 11.4 Å². The third kappa shape index (κ3) is 4.94. The Balaban J connectivity index is 1.66. The van der Waals surface area contributed by atoms with E-state index in [0.29, 0.717) is 17.3 Å². The van der Waals surface area contributed by atoms with Crippen LogP contribution in [0.1, 0.15) is 73.6 Å². The molecule has 1 atom stereocenters. The van der Waals surface area contributed by atoms with Crippen molar-refractivity contribution in [2.45, 2.75) is 69.4 Å². The SMILES string of the molecule is Cc1nc(CNS(=O)(=O)c2ccc(C3CCCCC3)cc2)ccc1[C@H](C)O. The fourth-order valence-electron chi connectivity index (χ4n) is 3.77. The number of rotatable bonds is 6. The highest BCUT2D eigenvalue weighted by molar-refractivity contribution is 7.89. The maximum Gasteiger partial charge on any atom is 0.240 e. The van der Waals surface area contributed by atoms with E-state index >= 15 is 0 Å². The Morgan fingerprint density at radius 1 is 1.11 bits per heavy atom. The van der Waals surface area contributed by atoms with Gasteiger partial charge < -0.3 is 5.11 Å². The van der Waals surface area contributed by atoms with Crippen LogP contribution >= 0.6 is 0 Å². The average Bonchev–Trinajstić information content (AvgIpc) is 2.67. The zero-order valence-corrected chi connectivity index (χ0v) is 16.8. The third-order valence-electron chi connectivity index (χ3n) is 5.34. The Labute approximate surface area is 161 Å². The number of aryl methyl sites for hydroxylation is 1. The number of pyridine rings is 1. The van der Waals surface area contributed by atoms with Crippen molar-refractivity contribution in [1.82, 2.24) is 9.71 Å². The van der Waals surface area contributed by atoms with Crippen molar-refractivity contribution in [1.29, 1.82) is 0 Å². The van der Waals surface area contributed by atoms with E-state index in [1.807, 2.05) is 19.1 Å². The van der Waals surface area contributed by atoms with Crippen LogP contribution in [0, 0.1) is 6.92 Å². The molecular formula is C21H28N2O3S. The van der Waals surface area contributed by atoms with Gasteiger partial charge in [0.2, 0.25) is 10.0 Å². The first-order chi connectivity index (χ1) is 12.9. The molecule has 2 aromatic rings. The number of hydrogen-bond donors (Lipinski definition) is 2. The standard InChI is InChI=1S/C21H28N2O3S/c1-15-21(16(2)24)13-10-19(23-15)14-22-27(25,26)20-11-8-18(9-12-20)17-6-4-3-5-7-17/h8-13,16-17,22,24H,3-7,14H2,1-2H3/t16-/m0/s1. The minimum Gasteiger partial charge on any atom is -0.389 e. The molecule has 146 valence electrons. The fourth-order valence-corrected chi connectivity index (χ4v) is 4.77. The molecule has 0 unspecified atom stereocenters. The summed E-state index contributed by atoms with van der Waals surface area (Å²) in [5.41, 5.74) is 3.32. The topological polar surface area (TPSA) is 79.3 Å². The van der Waals surface area contributed by atoms with Gasteiger partial charge in [0, 0.05) is 11.3 Å². The van der Waals surface area contributed by atoms with Crippen LogP contribution in [0.25, 0.3) is 0 Å². The first-order valence-electron chi connectivity index (χ1n) is 9.61. The van der Waals surface area contributed by atoms with Crippen LogP contribution < -0.4 is 4.72 Å². The second-order valence-electron chi connectivity index (χ2n) is 7.38. The van der Waals surface area contributed by atoms with Gasteiger partial charge in [0.05, 0.1) is 23.2 Å². The first kappa shape index (κ1) is 20.0. The molecule has 5 nitrogen and oxygen atoms in total. The summed E-state index contributed by atoms with van der Waals surface area (Å²) in [7, 11) is -3.58. The summed E-state index contributed by atoms with van der Waals surface area (Å²) in [6, 6.07) is 10.8. The van der Waals surface area contributed by atoms with E-state index in [0.717, 1.165) is 5.56 Å². The number of hydrogen-bond acceptors (Lipinski definition) is 4. The molecule has 0 bridgehead atoms. The van der Waals surface area contributed by atoms with Crippen molar-refractivity contribution in [3.8, 4) is 0 Å². The van der Waals surface area contributed by atoms with E-state index in [4.69, 9.17) is 0 Å². The predicted molar refractivity (Wildman–Crippen MR) is 106 cm³/mol. The summed E-state index contributed by atoms with van der Waals surface area (Å²) >= 11 is 0. The molecule has 1 aliphatic rings. The lowest BCUT2D eigenvalue weighted by Gasteiger charge is -2.22. The van der Waals surface area contributed by atoms with Gasteiger partial charge in [-0.05, 0) is 56.4 Å². The lowest BCUT2D eigenvalue weighted by molar-refractivity contribution is 0.198. The fraction of sp³-hybridized carbons (Fsp3) is 0.476. The zero-order chi connectivity index (χ0) is 19.4. The van der Waals surface area contributed by atoms with Crippen molar-refractivity contribution >= 4 is 10.0 Å². The van der Waals surface area contributed by atoms with Crippen LogP contribution in [0.15, 0.2) is 41.3 Å². The molecule has 1 heterocycles. The Morgan fingerprint density at radius 2 is 1.78 bits per heavy atom. The molecule has 6 heteroatoms. The lowest BCUT2D eigenvalue weighted by Crippen LogP contribution is -2.24. The van der Waals surface area contributed by atoms with Crippen LogP contribution in [-0.2, 0) is 16.6 Å². The lowest BCUT2D eigenvalue weighted by atomic mass is 9.84. The van der Waals surface area contributed by atoms with Crippen LogP contribution in [-0.4, -0.2) is 18.5 Å². The minimum atomic E-state index is -3.58. The molecule has 0 radical (unpaired) electrons. The van der Waals surface area contributed by atoms with Crippen molar-refractivity contribution in [2.75, 3.05) is 0 Å². The number of nitrogens with zero attached hydrogens (tertiary/aromatic N) is 1. The highest BCUT2D eigenvalue weighted by Gasteiger charge is 2.18. The second-order valence-corrected chi connectivity index (χ2v) is 9.15. The Morgan fingerprint density at radius 3 is 2.37 bits per heavy atom. The molecule has 27 heavy (non-hydrogen) atoms. The Hall–Kier alpha value is -1.76. The number of sulfonamides is 1. The van der Waals surface area contributed by atoms with Gasteiger partial charge in [-0.2, -0.15) is 0 Å². The molecule has 1 fully saturated rings. The first-order valence-corrected chi connectivity index (χ1v) is 11.1. The summed E-state index contributed by atoms with van der Waals surface area (Å²) in [6.45, 7) is 3.61. The van der Waals surface area contributed by atoms with Gasteiger partial charge in [-0.3, -0.25) is 4.98 Å². The molecule has 2 N–H and O–H groups in total. The summed E-state index contributed by atoms with van der Waals surface area (Å²) in [5, 5.41) is 9.67. The predicted octanol–water partition coefficient (Wildman–Crippen LogP) is 3.97. The second kappa shape index (κ2) is 8.50. The van der Waals surface area contributed by atoms with E-state index in [1.54, 1.807) is 31.2 Å². The van der Waals surface area contributed by atoms with E-state index in [1.165, 1.54) is 37.7 Å². The van der Waals surface area contributed by atoms with Crippen LogP contribution in [0.5, 0.6) is 0 Å². The van der Waals surface area contributed by atoms with Crippen molar-refractivity contribution < 1.29 is 13.5 Å². The molecular weight excluding hydrogens is 360 g/mol. The van der Waals surface area contributed by atoms with Gasteiger partial charge in [-0.1, -0.05) is 37.5 Å². The Bertz CT molecular complexity index is 871. The average molecular weight is 389 g/mol. The van der Waals surface area contributed by atoms with E-state index in [9.17, 15) is 13.5 Å². The van der Waals surface area contributed by atoms with Gasteiger partial charge in [0.25, 0.3) is 0 Å². The number of nitrogens with one attached hydrogen (secondary N) is 1. The van der Waals surface area contributed by atoms with E-state index < -0.39 is 16.1 Å². The van der Waals surface area contributed by atoms with Gasteiger partial charge in [-0.25, -0.2) is 13.1 Å². The molecule has 3 rings (SSSR count). The molecule has 0 amide bonds. The largest absolute Gasteiger partial charge is 0.389 e. The molecule has 0 saturated heterocycles. The summed E-state index contributed by atoms with van der Waals surface area (Å²) in [6.07, 6.45) is 5.61. The summed E-state index contributed by atoms with van der Waals surface area (Å²) in [4.78, 5) is 4.66. The number of aliphatic hydroxyl groups excluding tert-OH is 1. The number of aliphatic hydroxyl groups is 1. The maximum absolute atomic E-state index is 12.6. The molecule has 0 aliphatic heterocycles. The Kier molecular flexibility index (Phi) is 6.29. The van der Waals surface area contributed by atoms with Crippen molar-refractivity contribution in [3.63, 3.8) is 0 Å². The van der Waals surface area contributed by atoms with Crippen LogP contribution in [0.2, 0.25) is 0 Å². The third-order valence-corrected chi connectivity index (χ3v) is 6.76. The minimum absolute atomic E-state index is 0.119. The highest BCUT2D eigenvalue weighted by Crippen LogP contribution is 2.32. The normalized spacial score (nSPS) is 17.0.